The Kier molecular flexibility index (Phi) is 6.50. The molecule has 8 heteroatoms. The maximum absolute atomic E-state index is 13.2. The number of anilines is 1. The third-order valence-corrected chi connectivity index (χ3v) is 4.90. The molecule has 2 aromatic heterocycles. The topological polar surface area (TPSA) is 100 Å². The first-order valence-corrected chi connectivity index (χ1v) is 10.3. The summed E-state index contributed by atoms with van der Waals surface area (Å²) in [5, 5.41) is 15.5. The second-order valence-electron chi connectivity index (χ2n) is 7.28. The molecule has 162 valence electrons. The average molecular weight is 431 g/mol. The maximum Gasteiger partial charge on any atom is 0.320 e. The minimum Gasteiger partial charge on any atom is -0.507 e. The Labute approximate surface area is 184 Å². The van der Waals surface area contributed by atoms with Crippen LogP contribution in [-0.4, -0.2) is 32.6 Å². The molecule has 32 heavy (non-hydrogen) atoms. The molecule has 0 radical (unpaired) electrons. The van der Waals surface area contributed by atoms with E-state index < -0.39 is 5.82 Å². The lowest BCUT2D eigenvalue weighted by Gasteiger charge is -2.08. The van der Waals surface area contributed by atoms with E-state index in [1.165, 1.54) is 23.9 Å². The van der Waals surface area contributed by atoms with Gasteiger partial charge in [-0.2, -0.15) is 0 Å². The number of rotatable bonds is 7. The van der Waals surface area contributed by atoms with Crippen LogP contribution in [0.15, 0.2) is 66.9 Å². The number of amides is 2. The van der Waals surface area contributed by atoms with Crippen LogP contribution in [0, 0.1) is 5.82 Å². The number of fused-ring (bicyclic) bond motifs is 1. The quantitative estimate of drug-likeness (QED) is 0.369. The summed E-state index contributed by atoms with van der Waals surface area (Å²) in [7, 11) is 0. The summed E-state index contributed by atoms with van der Waals surface area (Å²) in [6, 6.07) is 16.9. The summed E-state index contributed by atoms with van der Waals surface area (Å²) >= 11 is 0. The zero-order chi connectivity index (χ0) is 22.3. The van der Waals surface area contributed by atoms with Gasteiger partial charge in [0.1, 0.15) is 22.9 Å². The molecule has 0 unspecified atom stereocenters. The second kappa shape index (κ2) is 9.82. The van der Waals surface area contributed by atoms with Crippen molar-refractivity contribution in [2.24, 2.45) is 0 Å². The van der Waals surface area contributed by atoms with Crippen LogP contribution in [0.2, 0.25) is 0 Å². The van der Waals surface area contributed by atoms with Gasteiger partial charge in [-0.1, -0.05) is 30.3 Å². The Bertz CT molecular complexity index is 1230. The summed E-state index contributed by atoms with van der Waals surface area (Å²) in [4.78, 5) is 25.2. The zero-order valence-corrected chi connectivity index (χ0v) is 17.3. The van der Waals surface area contributed by atoms with Crippen molar-refractivity contribution in [3.8, 4) is 17.0 Å². The Hall–Kier alpha value is -4.07. The number of benzene rings is 2. The van der Waals surface area contributed by atoms with Crippen LogP contribution in [0.3, 0.4) is 0 Å². The van der Waals surface area contributed by atoms with Gasteiger partial charge in [0.15, 0.2) is 5.65 Å². The van der Waals surface area contributed by atoms with Crippen LogP contribution in [0.25, 0.3) is 22.4 Å². The number of pyridine rings is 1. The Balaban J connectivity index is 1.35. The van der Waals surface area contributed by atoms with Gasteiger partial charge in [-0.15, -0.1) is 0 Å². The van der Waals surface area contributed by atoms with Crippen LogP contribution in [0.4, 0.5) is 15.0 Å². The molecule has 0 saturated heterocycles. The first-order chi connectivity index (χ1) is 15.6. The number of aryl methyl sites for hydroxylation is 1. The number of halogens is 1. The summed E-state index contributed by atoms with van der Waals surface area (Å²) in [5.41, 5.74) is 2.80. The number of aromatic hydroxyl groups is 1. The van der Waals surface area contributed by atoms with E-state index in [-0.39, 0.29) is 11.8 Å². The van der Waals surface area contributed by atoms with Crippen LogP contribution in [0.5, 0.6) is 5.75 Å². The standard InChI is InChI=1S/C24H22FN5O2/c25-17-9-10-18(21(31)14-17)20-15-27-19-11-12-22(29-23(19)28-20)30-24(32)26-13-5-4-8-16-6-2-1-3-7-16/h1-3,6-7,9-12,14-15,31H,4-5,8,13H2,(H2,26,28,29,30,32). The predicted molar refractivity (Wildman–Crippen MR) is 121 cm³/mol. The number of aromatic nitrogens is 3. The third-order valence-electron chi connectivity index (χ3n) is 4.90. The van der Waals surface area contributed by atoms with Crippen molar-refractivity contribution < 1.29 is 14.3 Å². The van der Waals surface area contributed by atoms with Gasteiger partial charge >= 0.3 is 6.03 Å². The maximum atomic E-state index is 13.2. The zero-order valence-electron chi connectivity index (χ0n) is 17.3. The van der Waals surface area contributed by atoms with Crippen LogP contribution >= 0.6 is 0 Å². The highest BCUT2D eigenvalue weighted by Crippen LogP contribution is 2.28. The molecule has 0 aliphatic carbocycles. The molecule has 0 fully saturated rings. The third kappa shape index (κ3) is 5.34. The van der Waals surface area contributed by atoms with Crippen molar-refractivity contribution in [3.05, 3.63) is 78.2 Å². The van der Waals surface area contributed by atoms with E-state index >= 15 is 0 Å². The number of hydrogen-bond acceptors (Lipinski definition) is 5. The largest absolute Gasteiger partial charge is 0.507 e. The number of unbranched alkanes of at least 4 members (excludes halogenated alkanes) is 1. The summed E-state index contributed by atoms with van der Waals surface area (Å²) in [6.45, 7) is 0.556. The highest BCUT2D eigenvalue weighted by molar-refractivity contribution is 5.89. The van der Waals surface area contributed by atoms with E-state index in [1.54, 1.807) is 12.1 Å². The molecular formula is C24H22FN5O2. The fraction of sp³-hybridized carbons (Fsp3) is 0.167. The highest BCUT2D eigenvalue weighted by atomic mass is 19.1. The van der Waals surface area contributed by atoms with Gasteiger partial charge in [-0.3, -0.25) is 10.3 Å². The van der Waals surface area contributed by atoms with Gasteiger partial charge in [-0.05, 0) is 49.1 Å². The molecular weight excluding hydrogens is 409 g/mol. The molecule has 4 rings (SSSR count). The van der Waals surface area contributed by atoms with Crippen molar-refractivity contribution in [2.75, 3.05) is 11.9 Å². The molecule has 0 atom stereocenters. The Morgan fingerprint density at radius 1 is 1.00 bits per heavy atom. The van der Waals surface area contributed by atoms with Crippen molar-refractivity contribution in [1.82, 2.24) is 20.3 Å². The van der Waals surface area contributed by atoms with E-state index in [2.05, 4.69) is 37.7 Å². The minimum atomic E-state index is -0.546. The molecule has 2 heterocycles. The van der Waals surface area contributed by atoms with E-state index in [4.69, 9.17) is 0 Å². The lowest BCUT2D eigenvalue weighted by molar-refractivity contribution is 0.252. The Morgan fingerprint density at radius 2 is 1.84 bits per heavy atom. The number of carbonyl (C=O) groups is 1. The molecule has 2 aromatic carbocycles. The lowest BCUT2D eigenvalue weighted by atomic mass is 10.1. The monoisotopic (exact) mass is 431 g/mol. The van der Waals surface area contributed by atoms with Gasteiger partial charge in [0, 0.05) is 18.2 Å². The number of nitrogens with one attached hydrogen (secondary N) is 2. The number of phenolic OH excluding ortho intramolecular Hbond substituents is 1. The van der Waals surface area contributed by atoms with E-state index in [1.807, 2.05) is 18.2 Å². The van der Waals surface area contributed by atoms with Gasteiger partial charge < -0.3 is 10.4 Å². The van der Waals surface area contributed by atoms with Gasteiger partial charge in [-0.25, -0.2) is 19.2 Å². The molecule has 0 saturated carbocycles. The van der Waals surface area contributed by atoms with Crippen LogP contribution in [-0.2, 0) is 6.42 Å². The van der Waals surface area contributed by atoms with E-state index in [0.717, 1.165) is 25.3 Å². The smallest absolute Gasteiger partial charge is 0.320 e. The second-order valence-corrected chi connectivity index (χ2v) is 7.28. The number of carbonyl (C=O) groups excluding carboxylic acids is 1. The molecule has 0 spiro atoms. The first-order valence-electron chi connectivity index (χ1n) is 10.3. The number of phenols is 1. The summed E-state index contributed by atoms with van der Waals surface area (Å²) in [5.74, 6) is -0.454. The fourth-order valence-electron chi connectivity index (χ4n) is 3.28. The van der Waals surface area contributed by atoms with Gasteiger partial charge in [0.2, 0.25) is 0 Å². The fourth-order valence-corrected chi connectivity index (χ4v) is 3.28. The SMILES string of the molecule is O=C(NCCCCc1ccccc1)Nc1ccc2ncc(-c3ccc(F)cc3O)nc2n1. The van der Waals surface area contributed by atoms with E-state index in [9.17, 15) is 14.3 Å². The normalized spacial score (nSPS) is 10.8. The molecule has 3 N–H and O–H groups in total. The highest BCUT2D eigenvalue weighted by Gasteiger charge is 2.10. The van der Waals surface area contributed by atoms with Crippen LogP contribution in [0.1, 0.15) is 18.4 Å². The van der Waals surface area contributed by atoms with Crippen LogP contribution < -0.4 is 10.6 Å². The molecule has 2 amide bonds. The van der Waals surface area contributed by atoms with Crippen molar-refractivity contribution in [1.29, 1.82) is 0 Å². The van der Waals surface area contributed by atoms with Crippen molar-refractivity contribution in [2.45, 2.75) is 19.3 Å². The molecule has 0 aliphatic heterocycles. The lowest BCUT2D eigenvalue weighted by Crippen LogP contribution is -2.29. The van der Waals surface area contributed by atoms with E-state index in [0.29, 0.717) is 34.8 Å². The summed E-state index contributed by atoms with van der Waals surface area (Å²) in [6.07, 6.45) is 4.30. The first kappa shape index (κ1) is 21.2. The minimum absolute atomic E-state index is 0.237. The molecule has 0 aliphatic rings. The number of urea groups is 1. The average Bonchev–Trinajstić information content (AvgIpc) is 2.79. The number of hydrogen-bond donors (Lipinski definition) is 3. The predicted octanol–water partition coefficient (Wildman–Crippen LogP) is 4.68. The van der Waals surface area contributed by atoms with Crippen molar-refractivity contribution in [3.63, 3.8) is 0 Å². The molecule has 7 nitrogen and oxygen atoms in total. The molecule has 4 aromatic rings. The summed E-state index contributed by atoms with van der Waals surface area (Å²) < 4.78 is 13.2. The van der Waals surface area contributed by atoms with Crippen molar-refractivity contribution >= 4 is 23.0 Å². The molecule has 0 bridgehead atoms. The Morgan fingerprint density at radius 3 is 2.66 bits per heavy atom. The number of nitrogens with zero attached hydrogens (tertiary/aromatic N) is 3. The van der Waals surface area contributed by atoms with Gasteiger partial charge in [0.25, 0.3) is 0 Å². The van der Waals surface area contributed by atoms with Gasteiger partial charge in [0.05, 0.1) is 11.9 Å².